The van der Waals surface area contributed by atoms with E-state index in [-0.39, 0.29) is 16.7 Å². The fourth-order valence-electron chi connectivity index (χ4n) is 2.29. The molecule has 1 aromatic heterocycles. The third-order valence-electron chi connectivity index (χ3n) is 3.64. The van der Waals surface area contributed by atoms with Crippen LogP contribution in [0.25, 0.3) is 0 Å². The van der Waals surface area contributed by atoms with Gasteiger partial charge in [-0.15, -0.1) is 5.10 Å². The van der Waals surface area contributed by atoms with Crippen molar-refractivity contribution in [3.05, 3.63) is 30.1 Å². The van der Waals surface area contributed by atoms with E-state index in [1.165, 1.54) is 24.3 Å². The molecule has 0 amide bonds. The van der Waals surface area contributed by atoms with Gasteiger partial charge in [0.2, 0.25) is 10.0 Å². The van der Waals surface area contributed by atoms with Crippen LogP contribution in [0.2, 0.25) is 0 Å². The van der Waals surface area contributed by atoms with E-state index >= 15 is 0 Å². The Hall–Kier alpha value is -2.14. The van der Waals surface area contributed by atoms with Crippen LogP contribution in [0.3, 0.4) is 0 Å². The molecule has 0 aliphatic heterocycles. The molecule has 3 rings (SSSR count). The normalized spacial score (nSPS) is 16.2. The highest BCUT2D eigenvalue weighted by Crippen LogP contribution is 2.35. The number of nitrogens with zero attached hydrogens (tertiary/aromatic N) is 4. The summed E-state index contributed by atoms with van der Waals surface area (Å²) < 4.78 is 58.1. The van der Waals surface area contributed by atoms with Gasteiger partial charge >= 0.3 is 0 Å². The number of hydrogen-bond donors (Lipinski definition) is 1. The van der Waals surface area contributed by atoms with Gasteiger partial charge in [-0.1, -0.05) is 0 Å². The number of tetrazole rings is 1. The molecule has 0 unspecified atom stereocenters. The highest BCUT2D eigenvalue weighted by atomic mass is 32.2. The van der Waals surface area contributed by atoms with Crippen LogP contribution in [0, 0.1) is 0 Å². The zero-order chi connectivity index (χ0) is 18.0. The van der Waals surface area contributed by atoms with Gasteiger partial charge in [-0.3, -0.25) is 0 Å². The average molecular weight is 373 g/mol. The van der Waals surface area contributed by atoms with Crippen LogP contribution >= 0.6 is 0 Å². The maximum absolute atomic E-state index is 12.5. The van der Waals surface area contributed by atoms with E-state index in [0.717, 1.165) is 12.8 Å². The van der Waals surface area contributed by atoms with Crippen LogP contribution in [0.4, 0.5) is 8.78 Å². The molecule has 1 heterocycles. The Morgan fingerprint density at radius 2 is 2.00 bits per heavy atom. The Labute approximate surface area is 143 Å². The zero-order valence-corrected chi connectivity index (χ0v) is 14.2. The Morgan fingerprint density at radius 1 is 1.32 bits per heavy atom. The third-order valence-corrected chi connectivity index (χ3v) is 5.20. The first kappa shape index (κ1) is 17.7. The minimum absolute atomic E-state index is 0.00538. The number of halogens is 2. The van der Waals surface area contributed by atoms with Gasteiger partial charge in [0.1, 0.15) is 12.4 Å². The van der Waals surface area contributed by atoms with Gasteiger partial charge < -0.3 is 4.74 Å². The van der Waals surface area contributed by atoms with Crippen molar-refractivity contribution < 1.29 is 21.9 Å². The first-order valence-corrected chi connectivity index (χ1v) is 9.16. The standard InChI is InChI=1S/C14H17F2N5O3S/c1-9(14-17-19-20-21(14)10-2-3-10)18-25(22,23)12-6-4-11(5-7-12)24-8-13(15)16/h4-7,9-10,13,18H,2-3,8H2,1H3/t9-/m1/s1. The van der Waals surface area contributed by atoms with Crippen molar-refractivity contribution in [3.63, 3.8) is 0 Å². The molecule has 1 fully saturated rings. The monoisotopic (exact) mass is 373 g/mol. The predicted molar refractivity (Wildman–Crippen MR) is 82.8 cm³/mol. The van der Waals surface area contributed by atoms with E-state index < -0.39 is 29.1 Å². The summed E-state index contributed by atoms with van der Waals surface area (Å²) in [6.07, 6.45) is -0.654. The Bertz CT molecular complexity index is 821. The molecule has 0 bridgehead atoms. The Morgan fingerprint density at radius 3 is 2.60 bits per heavy atom. The Balaban J connectivity index is 1.69. The Kier molecular flexibility index (Phi) is 4.95. The molecule has 0 spiro atoms. The summed E-state index contributed by atoms with van der Waals surface area (Å²) in [5.74, 6) is 0.618. The summed E-state index contributed by atoms with van der Waals surface area (Å²) in [6.45, 7) is 0.910. The minimum Gasteiger partial charge on any atom is -0.488 e. The fourth-order valence-corrected chi connectivity index (χ4v) is 3.49. The van der Waals surface area contributed by atoms with Crippen molar-refractivity contribution in [1.82, 2.24) is 24.9 Å². The molecule has 8 nitrogen and oxygen atoms in total. The minimum atomic E-state index is -3.82. The first-order valence-electron chi connectivity index (χ1n) is 7.68. The highest BCUT2D eigenvalue weighted by Gasteiger charge is 2.31. The number of alkyl halides is 2. The molecule has 1 aromatic carbocycles. The van der Waals surface area contributed by atoms with Gasteiger partial charge in [0, 0.05) is 0 Å². The van der Waals surface area contributed by atoms with Crippen molar-refractivity contribution >= 4 is 10.0 Å². The highest BCUT2D eigenvalue weighted by molar-refractivity contribution is 7.89. The second-order valence-electron chi connectivity index (χ2n) is 5.73. The molecule has 136 valence electrons. The number of rotatable bonds is 8. The average Bonchev–Trinajstić information content (AvgIpc) is 3.29. The van der Waals surface area contributed by atoms with Crippen molar-refractivity contribution in [2.24, 2.45) is 0 Å². The summed E-state index contributed by atoms with van der Waals surface area (Å²) in [5, 5.41) is 11.4. The topological polar surface area (TPSA) is 99.0 Å². The van der Waals surface area contributed by atoms with E-state index in [0.29, 0.717) is 5.82 Å². The number of benzene rings is 1. The smallest absolute Gasteiger partial charge is 0.272 e. The quantitative estimate of drug-likeness (QED) is 0.756. The van der Waals surface area contributed by atoms with Gasteiger partial charge in [-0.05, 0) is 54.5 Å². The van der Waals surface area contributed by atoms with Crippen LogP contribution in [0.1, 0.15) is 37.7 Å². The van der Waals surface area contributed by atoms with Gasteiger partial charge in [0.25, 0.3) is 6.43 Å². The molecule has 2 aromatic rings. The summed E-state index contributed by atoms with van der Waals surface area (Å²) in [5.41, 5.74) is 0. The van der Waals surface area contributed by atoms with E-state index in [1.54, 1.807) is 11.6 Å². The molecule has 1 aliphatic rings. The summed E-state index contributed by atoms with van der Waals surface area (Å²) in [7, 11) is -3.82. The third kappa shape index (κ3) is 4.28. The first-order chi connectivity index (χ1) is 11.9. The molecule has 11 heteroatoms. The van der Waals surface area contributed by atoms with Crippen LogP contribution in [-0.2, 0) is 10.0 Å². The largest absolute Gasteiger partial charge is 0.488 e. The van der Waals surface area contributed by atoms with Crippen LogP contribution in [0.5, 0.6) is 5.75 Å². The van der Waals surface area contributed by atoms with Crippen molar-refractivity contribution in [1.29, 1.82) is 0 Å². The van der Waals surface area contributed by atoms with Crippen LogP contribution in [0.15, 0.2) is 29.2 Å². The predicted octanol–water partition coefficient (Wildman–Crippen LogP) is 1.69. The summed E-state index contributed by atoms with van der Waals surface area (Å²) >= 11 is 0. The van der Waals surface area contributed by atoms with E-state index in [2.05, 4.69) is 20.2 Å². The molecule has 1 N–H and O–H groups in total. The summed E-state index contributed by atoms with van der Waals surface area (Å²) in [4.78, 5) is -0.00538. The molecular weight excluding hydrogens is 356 g/mol. The fraction of sp³-hybridized carbons (Fsp3) is 0.500. The maximum atomic E-state index is 12.5. The SMILES string of the molecule is C[C@@H](NS(=O)(=O)c1ccc(OCC(F)F)cc1)c1nnnn1C1CC1. The van der Waals surface area contributed by atoms with E-state index in [9.17, 15) is 17.2 Å². The molecule has 1 atom stereocenters. The second-order valence-corrected chi connectivity index (χ2v) is 7.44. The lowest BCUT2D eigenvalue weighted by molar-refractivity contribution is 0.0819. The number of nitrogens with one attached hydrogen (secondary N) is 1. The molecule has 25 heavy (non-hydrogen) atoms. The van der Waals surface area contributed by atoms with Gasteiger partial charge in [0.15, 0.2) is 5.82 Å². The zero-order valence-electron chi connectivity index (χ0n) is 13.3. The molecule has 0 radical (unpaired) electrons. The van der Waals surface area contributed by atoms with Crippen molar-refractivity contribution in [2.75, 3.05) is 6.61 Å². The number of ether oxygens (including phenoxy) is 1. The van der Waals surface area contributed by atoms with Gasteiger partial charge in [0.05, 0.1) is 17.0 Å². The molecule has 0 saturated heterocycles. The van der Waals surface area contributed by atoms with Gasteiger partial charge in [-0.25, -0.2) is 26.6 Å². The number of hydrogen-bond acceptors (Lipinski definition) is 6. The van der Waals surface area contributed by atoms with E-state index in [1.807, 2.05) is 0 Å². The van der Waals surface area contributed by atoms with Crippen LogP contribution < -0.4 is 9.46 Å². The number of sulfonamides is 1. The lowest BCUT2D eigenvalue weighted by Crippen LogP contribution is -2.29. The van der Waals surface area contributed by atoms with Crippen molar-refractivity contribution in [3.8, 4) is 5.75 Å². The lowest BCUT2D eigenvalue weighted by atomic mass is 10.3. The second kappa shape index (κ2) is 7.00. The number of aromatic nitrogens is 4. The van der Waals surface area contributed by atoms with E-state index in [4.69, 9.17) is 4.74 Å². The molecular formula is C14H17F2N5O3S. The lowest BCUT2D eigenvalue weighted by Gasteiger charge is -2.14. The van der Waals surface area contributed by atoms with Crippen molar-refractivity contribution in [2.45, 2.75) is 43.2 Å². The molecule has 1 saturated carbocycles. The van der Waals surface area contributed by atoms with Gasteiger partial charge in [-0.2, -0.15) is 0 Å². The summed E-state index contributed by atoms with van der Waals surface area (Å²) in [6, 6.07) is 4.85. The maximum Gasteiger partial charge on any atom is 0.272 e. The molecule has 1 aliphatic carbocycles. The van der Waals surface area contributed by atoms with Crippen LogP contribution in [-0.4, -0.2) is 41.7 Å².